The summed E-state index contributed by atoms with van der Waals surface area (Å²) in [6.45, 7) is 4.51. The van der Waals surface area contributed by atoms with Crippen LogP contribution in [-0.2, 0) is 11.3 Å². The number of amides is 1. The van der Waals surface area contributed by atoms with Gasteiger partial charge in [-0.15, -0.1) is 0 Å². The van der Waals surface area contributed by atoms with Crippen LogP contribution in [0.15, 0.2) is 18.7 Å². The molecule has 1 aromatic heterocycles. The molecule has 0 radical (unpaired) electrons. The first kappa shape index (κ1) is 12.7. The van der Waals surface area contributed by atoms with Crippen molar-refractivity contribution >= 4 is 5.91 Å². The standard InChI is InChI=1S/C11H19N3O2/c1-3-11(2,16)8-13-10(15)4-6-14-7-5-12-9-14/h5,7,9,16H,3-4,6,8H2,1-2H3,(H,13,15). The van der Waals surface area contributed by atoms with E-state index in [1.54, 1.807) is 19.4 Å². The zero-order valence-corrected chi connectivity index (χ0v) is 9.81. The minimum atomic E-state index is -0.815. The molecule has 1 unspecified atom stereocenters. The summed E-state index contributed by atoms with van der Waals surface area (Å²) in [4.78, 5) is 15.3. The number of aromatic nitrogens is 2. The normalized spacial score (nSPS) is 14.4. The van der Waals surface area contributed by atoms with Gasteiger partial charge in [0.1, 0.15) is 0 Å². The molecule has 5 heteroatoms. The molecular formula is C11H19N3O2. The van der Waals surface area contributed by atoms with E-state index >= 15 is 0 Å². The Morgan fingerprint density at radius 3 is 2.94 bits per heavy atom. The van der Waals surface area contributed by atoms with Crippen LogP contribution in [0.1, 0.15) is 26.7 Å². The van der Waals surface area contributed by atoms with E-state index in [1.165, 1.54) is 0 Å². The van der Waals surface area contributed by atoms with E-state index < -0.39 is 5.60 Å². The number of rotatable bonds is 6. The predicted molar refractivity (Wildman–Crippen MR) is 60.8 cm³/mol. The molecule has 1 rings (SSSR count). The van der Waals surface area contributed by atoms with Crippen molar-refractivity contribution in [2.24, 2.45) is 0 Å². The van der Waals surface area contributed by atoms with Gasteiger partial charge in [-0.05, 0) is 13.3 Å². The van der Waals surface area contributed by atoms with Gasteiger partial charge in [0.05, 0.1) is 11.9 Å². The van der Waals surface area contributed by atoms with Gasteiger partial charge in [-0.1, -0.05) is 6.92 Å². The van der Waals surface area contributed by atoms with Crippen LogP contribution < -0.4 is 5.32 Å². The van der Waals surface area contributed by atoms with Gasteiger partial charge < -0.3 is 15.0 Å². The number of aryl methyl sites for hydroxylation is 1. The number of imidazole rings is 1. The Labute approximate surface area is 95.5 Å². The zero-order valence-electron chi connectivity index (χ0n) is 9.81. The Kier molecular flexibility index (Phi) is 4.49. The molecule has 2 N–H and O–H groups in total. The molecule has 0 aliphatic carbocycles. The zero-order chi connectivity index (χ0) is 12.0. The fourth-order valence-electron chi connectivity index (χ4n) is 1.15. The second-order valence-electron chi connectivity index (χ2n) is 4.18. The maximum atomic E-state index is 11.4. The Balaban J connectivity index is 2.21. The number of nitrogens with one attached hydrogen (secondary N) is 1. The fourth-order valence-corrected chi connectivity index (χ4v) is 1.15. The minimum Gasteiger partial charge on any atom is -0.388 e. The third-order valence-electron chi connectivity index (χ3n) is 2.58. The number of carbonyl (C=O) groups is 1. The third kappa shape index (κ3) is 4.44. The van der Waals surface area contributed by atoms with Gasteiger partial charge in [0.2, 0.25) is 5.91 Å². The van der Waals surface area contributed by atoms with Gasteiger partial charge in [0.15, 0.2) is 0 Å². The van der Waals surface area contributed by atoms with Gasteiger partial charge in [-0.3, -0.25) is 4.79 Å². The van der Waals surface area contributed by atoms with Crippen molar-refractivity contribution < 1.29 is 9.90 Å². The predicted octanol–water partition coefficient (Wildman–Crippen LogP) is 0.550. The molecule has 1 amide bonds. The van der Waals surface area contributed by atoms with Crippen LogP contribution in [0.2, 0.25) is 0 Å². The summed E-state index contributed by atoms with van der Waals surface area (Å²) in [5.74, 6) is -0.0533. The largest absolute Gasteiger partial charge is 0.388 e. The number of hydrogen-bond donors (Lipinski definition) is 2. The summed E-state index contributed by atoms with van der Waals surface area (Å²) in [6.07, 6.45) is 6.19. The van der Waals surface area contributed by atoms with Crippen molar-refractivity contribution in [3.05, 3.63) is 18.7 Å². The lowest BCUT2D eigenvalue weighted by molar-refractivity contribution is -0.122. The average molecular weight is 225 g/mol. The molecule has 1 heterocycles. The monoisotopic (exact) mass is 225 g/mol. The second-order valence-corrected chi connectivity index (χ2v) is 4.18. The smallest absolute Gasteiger partial charge is 0.221 e. The van der Waals surface area contributed by atoms with Gasteiger partial charge in [-0.25, -0.2) is 4.98 Å². The highest BCUT2D eigenvalue weighted by atomic mass is 16.3. The highest BCUT2D eigenvalue weighted by Gasteiger charge is 2.17. The first-order chi connectivity index (χ1) is 7.53. The first-order valence-electron chi connectivity index (χ1n) is 5.48. The molecule has 16 heavy (non-hydrogen) atoms. The molecule has 0 aromatic carbocycles. The number of carbonyl (C=O) groups excluding carboxylic acids is 1. The number of hydrogen-bond acceptors (Lipinski definition) is 3. The molecule has 90 valence electrons. The third-order valence-corrected chi connectivity index (χ3v) is 2.58. The van der Waals surface area contributed by atoms with E-state index in [9.17, 15) is 9.90 Å². The van der Waals surface area contributed by atoms with Crippen LogP contribution in [-0.4, -0.2) is 32.7 Å². The summed E-state index contributed by atoms with van der Waals surface area (Å²) >= 11 is 0. The molecule has 5 nitrogen and oxygen atoms in total. The molecule has 0 fully saturated rings. The second kappa shape index (κ2) is 5.65. The van der Waals surface area contributed by atoms with Crippen molar-refractivity contribution in [3.63, 3.8) is 0 Å². The maximum Gasteiger partial charge on any atom is 0.221 e. The van der Waals surface area contributed by atoms with Gasteiger partial charge in [0, 0.05) is 31.9 Å². The van der Waals surface area contributed by atoms with E-state index in [-0.39, 0.29) is 5.91 Å². The first-order valence-corrected chi connectivity index (χ1v) is 5.48. The van der Waals surface area contributed by atoms with E-state index in [0.717, 1.165) is 0 Å². The Hall–Kier alpha value is -1.36. The van der Waals surface area contributed by atoms with E-state index in [2.05, 4.69) is 10.3 Å². The lowest BCUT2D eigenvalue weighted by atomic mass is 10.0. The quantitative estimate of drug-likeness (QED) is 0.743. The molecule has 1 atom stereocenters. The molecular weight excluding hydrogens is 206 g/mol. The van der Waals surface area contributed by atoms with Crippen molar-refractivity contribution in [2.45, 2.75) is 38.8 Å². The van der Waals surface area contributed by atoms with Gasteiger partial charge in [0.25, 0.3) is 0 Å². The van der Waals surface area contributed by atoms with Crippen molar-refractivity contribution in [2.75, 3.05) is 6.54 Å². The fraction of sp³-hybridized carbons (Fsp3) is 0.636. The topological polar surface area (TPSA) is 67.2 Å². The summed E-state index contributed by atoms with van der Waals surface area (Å²) in [5.41, 5.74) is -0.815. The van der Waals surface area contributed by atoms with E-state index in [0.29, 0.717) is 25.9 Å². The highest BCUT2D eigenvalue weighted by Crippen LogP contribution is 2.05. The molecule has 0 aliphatic heterocycles. The van der Waals surface area contributed by atoms with Crippen LogP contribution in [0.5, 0.6) is 0 Å². The average Bonchev–Trinajstić information content (AvgIpc) is 2.76. The molecule has 1 aromatic rings. The Bertz CT molecular complexity index is 320. The molecule has 0 saturated carbocycles. The SMILES string of the molecule is CCC(C)(O)CNC(=O)CCn1ccnc1. The number of nitrogens with zero attached hydrogens (tertiary/aromatic N) is 2. The van der Waals surface area contributed by atoms with Crippen LogP contribution in [0, 0.1) is 0 Å². The van der Waals surface area contributed by atoms with Crippen LogP contribution in [0.3, 0.4) is 0 Å². The van der Waals surface area contributed by atoms with Gasteiger partial charge in [-0.2, -0.15) is 0 Å². The Morgan fingerprint density at radius 2 is 2.38 bits per heavy atom. The van der Waals surface area contributed by atoms with Gasteiger partial charge >= 0.3 is 0 Å². The van der Waals surface area contributed by atoms with Crippen molar-refractivity contribution in [1.29, 1.82) is 0 Å². The summed E-state index contributed by atoms with van der Waals surface area (Å²) in [7, 11) is 0. The van der Waals surface area contributed by atoms with Crippen LogP contribution in [0.25, 0.3) is 0 Å². The molecule has 0 aliphatic rings. The van der Waals surface area contributed by atoms with Crippen molar-refractivity contribution in [3.8, 4) is 0 Å². The van der Waals surface area contributed by atoms with Crippen molar-refractivity contribution in [1.82, 2.24) is 14.9 Å². The van der Waals surface area contributed by atoms with E-state index in [4.69, 9.17) is 0 Å². The molecule has 0 spiro atoms. The lowest BCUT2D eigenvalue weighted by Gasteiger charge is -2.21. The number of aliphatic hydroxyl groups is 1. The molecule has 0 saturated heterocycles. The lowest BCUT2D eigenvalue weighted by Crippen LogP contribution is -2.40. The summed E-state index contributed by atoms with van der Waals surface area (Å²) < 4.78 is 1.84. The summed E-state index contributed by atoms with van der Waals surface area (Å²) in [6, 6.07) is 0. The maximum absolute atomic E-state index is 11.4. The van der Waals surface area contributed by atoms with E-state index in [1.807, 2.05) is 17.7 Å². The molecule has 0 bridgehead atoms. The highest BCUT2D eigenvalue weighted by molar-refractivity contribution is 5.75. The van der Waals surface area contributed by atoms with Crippen LogP contribution >= 0.6 is 0 Å². The Morgan fingerprint density at radius 1 is 1.62 bits per heavy atom. The summed E-state index contributed by atoms with van der Waals surface area (Å²) in [5, 5.41) is 12.4. The minimum absolute atomic E-state index is 0.0533. The van der Waals surface area contributed by atoms with Crippen LogP contribution in [0.4, 0.5) is 0 Å².